The summed E-state index contributed by atoms with van der Waals surface area (Å²) in [6, 6.07) is 17.1. The minimum atomic E-state index is -0.170. The van der Waals surface area contributed by atoms with Gasteiger partial charge in [-0.05, 0) is 68.7 Å². The summed E-state index contributed by atoms with van der Waals surface area (Å²) in [6.07, 6.45) is 5.00. The number of carbonyl (C=O) groups is 1. The fourth-order valence-electron chi connectivity index (χ4n) is 4.04. The van der Waals surface area contributed by atoms with Crippen LogP contribution < -0.4 is 15.0 Å². The number of ether oxygens (including phenoxy) is 1. The fraction of sp³-hybridized carbons (Fsp3) is 0.500. The van der Waals surface area contributed by atoms with Gasteiger partial charge in [-0.15, -0.1) is 0 Å². The van der Waals surface area contributed by atoms with Gasteiger partial charge in [-0.25, -0.2) is 0 Å². The van der Waals surface area contributed by atoms with Crippen molar-refractivity contribution in [3.63, 3.8) is 0 Å². The van der Waals surface area contributed by atoms with Crippen LogP contribution in [0.25, 0.3) is 0 Å². The van der Waals surface area contributed by atoms with Crippen LogP contribution in [0.4, 0.5) is 5.69 Å². The van der Waals surface area contributed by atoms with Crippen molar-refractivity contribution >= 4 is 11.6 Å². The number of rotatable bonds is 8. The molecule has 1 aliphatic heterocycles. The lowest BCUT2D eigenvalue weighted by Crippen LogP contribution is -2.38. The highest BCUT2D eigenvalue weighted by molar-refractivity contribution is 5.79. The zero-order chi connectivity index (χ0) is 21.1. The Kier molecular flexibility index (Phi) is 6.03. The van der Waals surface area contributed by atoms with Gasteiger partial charge >= 0.3 is 0 Å². The van der Waals surface area contributed by atoms with Crippen LogP contribution in [0.15, 0.2) is 48.5 Å². The first-order valence-electron chi connectivity index (χ1n) is 11.3. The van der Waals surface area contributed by atoms with Gasteiger partial charge in [-0.1, -0.05) is 37.3 Å². The monoisotopic (exact) mass is 406 g/mol. The van der Waals surface area contributed by atoms with Crippen LogP contribution in [0, 0.1) is 0 Å². The molecule has 1 amide bonds. The molecule has 1 saturated heterocycles. The minimum absolute atomic E-state index is 0.114. The van der Waals surface area contributed by atoms with Crippen LogP contribution >= 0.6 is 0 Å². The van der Waals surface area contributed by atoms with Crippen LogP contribution in [0.2, 0.25) is 0 Å². The SMILES string of the molecule is CCC(C)(C)Oc1cccc(N2CC[C@@H](NC(=O)Cc3ccc(C4CC4)cc3)C2)c1. The van der Waals surface area contributed by atoms with Crippen molar-refractivity contribution in [2.45, 2.75) is 70.4 Å². The highest BCUT2D eigenvalue weighted by Crippen LogP contribution is 2.39. The Bertz CT molecular complexity index is 871. The van der Waals surface area contributed by atoms with Gasteiger partial charge in [0.25, 0.3) is 0 Å². The van der Waals surface area contributed by atoms with Gasteiger partial charge in [0.2, 0.25) is 5.91 Å². The van der Waals surface area contributed by atoms with Gasteiger partial charge < -0.3 is 15.0 Å². The first-order valence-corrected chi connectivity index (χ1v) is 11.3. The van der Waals surface area contributed by atoms with Gasteiger partial charge in [0, 0.05) is 30.9 Å². The lowest BCUT2D eigenvalue weighted by atomic mass is 10.1. The van der Waals surface area contributed by atoms with Crippen molar-refractivity contribution in [1.29, 1.82) is 0 Å². The summed E-state index contributed by atoms with van der Waals surface area (Å²) in [4.78, 5) is 14.9. The van der Waals surface area contributed by atoms with E-state index in [0.717, 1.165) is 48.8 Å². The molecule has 1 atom stereocenters. The number of hydrogen-bond donors (Lipinski definition) is 1. The first-order chi connectivity index (χ1) is 14.4. The largest absolute Gasteiger partial charge is 0.488 e. The molecule has 4 heteroatoms. The third-order valence-electron chi connectivity index (χ3n) is 6.37. The topological polar surface area (TPSA) is 41.6 Å². The lowest BCUT2D eigenvalue weighted by molar-refractivity contribution is -0.121. The highest BCUT2D eigenvalue weighted by Gasteiger charge is 2.26. The van der Waals surface area contributed by atoms with E-state index in [1.165, 1.54) is 18.4 Å². The summed E-state index contributed by atoms with van der Waals surface area (Å²) < 4.78 is 6.14. The molecular weight excluding hydrogens is 372 g/mol. The second-order valence-electron chi connectivity index (χ2n) is 9.40. The Morgan fingerprint density at radius 3 is 2.60 bits per heavy atom. The molecular formula is C26H34N2O2. The summed E-state index contributed by atoms with van der Waals surface area (Å²) in [6.45, 7) is 8.15. The normalized spacial score (nSPS) is 19.0. The van der Waals surface area contributed by atoms with E-state index >= 15 is 0 Å². The third kappa shape index (κ3) is 5.35. The minimum Gasteiger partial charge on any atom is -0.488 e. The van der Waals surface area contributed by atoms with Crippen molar-refractivity contribution in [2.24, 2.45) is 0 Å². The van der Waals surface area contributed by atoms with Crippen molar-refractivity contribution < 1.29 is 9.53 Å². The standard InChI is InChI=1S/C26H34N2O2/c1-4-26(2,3)30-24-7-5-6-23(17-24)28-15-14-22(18-28)27-25(29)16-19-8-10-20(11-9-19)21-12-13-21/h5-11,17,21-22H,4,12-16,18H2,1-3H3,(H,27,29)/t22-/m1/s1. The molecule has 1 N–H and O–H groups in total. The molecule has 4 nitrogen and oxygen atoms in total. The molecule has 0 radical (unpaired) electrons. The number of hydrogen-bond acceptors (Lipinski definition) is 3. The predicted octanol–water partition coefficient (Wildman–Crippen LogP) is 5.07. The summed E-state index contributed by atoms with van der Waals surface area (Å²) in [5.41, 5.74) is 3.50. The molecule has 0 unspecified atom stereocenters. The maximum atomic E-state index is 12.5. The summed E-state index contributed by atoms with van der Waals surface area (Å²) >= 11 is 0. The van der Waals surface area contributed by atoms with E-state index in [2.05, 4.69) is 67.4 Å². The van der Waals surface area contributed by atoms with Gasteiger partial charge in [0.15, 0.2) is 0 Å². The molecule has 0 spiro atoms. The van der Waals surface area contributed by atoms with E-state index in [0.29, 0.717) is 6.42 Å². The molecule has 160 valence electrons. The van der Waals surface area contributed by atoms with Crippen LogP contribution in [-0.4, -0.2) is 30.6 Å². The molecule has 2 fully saturated rings. The molecule has 1 saturated carbocycles. The van der Waals surface area contributed by atoms with Crippen LogP contribution in [-0.2, 0) is 11.2 Å². The molecule has 2 aliphatic rings. The fourth-order valence-corrected chi connectivity index (χ4v) is 4.04. The van der Waals surface area contributed by atoms with E-state index in [-0.39, 0.29) is 17.6 Å². The molecule has 2 aromatic rings. The third-order valence-corrected chi connectivity index (χ3v) is 6.37. The van der Waals surface area contributed by atoms with Crippen molar-refractivity contribution in [1.82, 2.24) is 5.32 Å². The Balaban J connectivity index is 1.29. The summed E-state index contributed by atoms with van der Waals surface area (Å²) in [5.74, 6) is 1.78. The number of nitrogens with zero attached hydrogens (tertiary/aromatic N) is 1. The van der Waals surface area contributed by atoms with Crippen LogP contribution in [0.1, 0.15) is 63.5 Å². The molecule has 30 heavy (non-hydrogen) atoms. The molecule has 1 heterocycles. The zero-order valence-electron chi connectivity index (χ0n) is 18.5. The number of nitrogens with one attached hydrogen (secondary N) is 1. The van der Waals surface area contributed by atoms with Gasteiger partial charge in [0.05, 0.1) is 6.42 Å². The Hall–Kier alpha value is -2.49. The zero-order valence-corrected chi connectivity index (χ0v) is 18.5. The smallest absolute Gasteiger partial charge is 0.224 e. The predicted molar refractivity (Wildman–Crippen MR) is 122 cm³/mol. The van der Waals surface area contributed by atoms with Crippen molar-refractivity contribution in [3.8, 4) is 5.75 Å². The highest BCUT2D eigenvalue weighted by atomic mass is 16.5. The second kappa shape index (κ2) is 8.71. The van der Waals surface area contributed by atoms with Crippen LogP contribution in [0.5, 0.6) is 5.75 Å². The van der Waals surface area contributed by atoms with E-state index in [4.69, 9.17) is 4.74 Å². The Morgan fingerprint density at radius 2 is 1.90 bits per heavy atom. The quantitative estimate of drug-likeness (QED) is 0.665. The van der Waals surface area contributed by atoms with E-state index in [1.54, 1.807) is 0 Å². The van der Waals surface area contributed by atoms with Gasteiger partial charge in [0.1, 0.15) is 11.4 Å². The van der Waals surface area contributed by atoms with E-state index in [1.807, 2.05) is 12.1 Å². The summed E-state index contributed by atoms with van der Waals surface area (Å²) in [7, 11) is 0. The first kappa shape index (κ1) is 20.8. The van der Waals surface area contributed by atoms with Crippen molar-refractivity contribution in [2.75, 3.05) is 18.0 Å². The Morgan fingerprint density at radius 1 is 1.13 bits per heavy atom. The number of anilines is 1. The molecule has 4 rings (SSSR count). The van der Waals surface area contributed by atoms with Gasteiger partial charge in [-0.2, -0.15) is 0 Å². The average molecular weight is 407 g/mol. The molecule has 2 aromatic carbocycles. The number of carbonyl (C=O) groups excluding carboxylic acids is 1. The van der Waals surface area contributed by atoms with E-state index < -0.39 is 0 Å². The van der Waals surface area contributed by atoms with E-state index in [9.17, 15) is 4.79 Å². The maximum absolute atomic E-state index is 12.5. The molecule has 1 aliphatic carbocycles. The van der Waals surface area contributed by atoms with Crippen LogP contribution in [0.3, 0.4) is 0 Å². The van der Waals surface area contributed by atoms with Crippen molar-refractivity contribution in [3.05, 3.63) is 59.7 Å². The average Bonchev–Trinajstić information content (AvgIpc) is 3.47. The molecule has 0 aromatic heterocycles. The summed E-state index contributed by atoms with van der Waals surface area (Å²) in [5, 5.41) is 3.23. The second-order valence-corrected chi connectivity index (χ2v) is 9.40. The van der Waals surface area contributed by atoms with Gasteiger partial charge in [-0.3, -0.25) is 4.79 Å². The molecule has 0 bridgehead atoms. The Labute approximate surface area is 180 Å². The maximum Gasteiger partial charge on any atom is 0.224 e. The number of benzene rings is 2. The number of amides is 1. The lowest BCUT2D eigenvalue weighted by Gasteiger charge is -2.26.